The van der Waals surface area contributed by atoms with Crippen LogP contribution in [0.2, 0.25) is 0 Å². The van der Waals surface area contributed by atoms with E-state index in [9.17, 15) is 14.4 Å². The lowest BCUT2D eigenvalue weighted by atomic mass is 10.0. The standard InChI is InChI=1S/C32H32N2O5S/c1-5-9-25-16-23(17-27(38-4)30(25)39-20-22-10-7-6-8-11-22)18-28-31(36)34(32(37)40-28)19-29(35)33-26-14-12-24(13-15-26)21(2)3/h5-8,10-18,21H,1,9,19-20H2,2-4H3,(H,33,35)/b28-18-. The number of carbonyl (C=O) groups is 3. The molecule has 0 bridgehead atoms. The molecule has 0 spiro atoms. The Bertz CT molecular complexity index is 1430. The number of benzene rings is 3. The quantitative estimate of drug-likeness (QED) is 0.207. The van der Waals surface area contributed by atoms with Crippen LogP contribution >= 0.6 is 11.8 Å². The van der Waals surface area contributed by atoms with Gasteiger partial charge in [-0.3, -0.25) is 19.3 Å². The van der Waals surface area contributed by atoms with Gasteiger partial charge in [0.05, 0.1) is 12.0 Å². The van der Waals surface area contributed by atoms with E-state index in [0.29, 0.717) is 41.7 Å². The van der Waals surface area contributed by atoms with Crippen molar-refractivity contribution in [2.75, 3.05) is 19.0 Å². The fourth-order valence-electron chi connectivity index (χ4n) is 4.20. The zero-order chi connectivity index (χ0) is 28.6. The van der Waals surface area contributed by atoms with Gasteiger partial charge in [0, 0.05) is 11.3 Å². The van der Waals surface area contributed by atoms with Crippen molar-refractivity contribution in [2.45, 2.75) is 32.8 Å². The molecule has 0 unspecified atom stereocenters. The molecule has 1 fully saturated rings. The number of amides is 3. The molecule has 0 radical (unpaired) electrons. The Morgan fingerprint density at radius 2 is 1.80 bits per heavy atom. The summed E-state index contributed by atoms with van der Waals surface area (Å²) < 4.78 is 11.7. The minimum absolute atomic E-state index is 0.226. The van der Waals surface area contributed by atoms with Crippen molar-refractivity contribution in [3.05, 3.63) is 107 Å². The van der Waals surface area contributed by atoms with Gasteiger partial charge in [-0.05, 0) is 71.1 Å². The van der Waals surface area contributed by atoms with Crippen LogP contribution in [0.4, 0.5) is 10.5 Å². The number of hydrogen-bond donors (Lipinski definition) is 1. The number of imide groups is 1. The van der Waals surface area contributed by atoms with Crippen molar-refractivity contribution < 1.29 is 23.9 Å². The summed E-state index contributed by atoms with van der Waals surface area (Å²) in [7, 11) is 1.55. The third kappa shape index (κ3) is 7.01. The van der Waals surface area contributed by atoms with Crippen molar-refractivity contribution in [2.24, 2.45) is 0 Å². The van der Waals surface area contributed by atoms with Gasteiger partial charge in [0.2, 0.25) is 5.91 Å². The number of methoxy groups -OCH3 is 1. The van der Waals surface area contributed by atoms with E-state index in [1.807, 2.05) is 60.7 Å². The Hall–Kier alpha value is -4.30. The van der Waals surface area contributed by atoms with Crippen LogP contribution in [0, 0.1) is 0 Å². The summed E-state index contributed by atoms with van der Waals surface area (Å²) in [4.78, 5) is 39.5. The summed E-state index contributed by atoms with van der Waals surface area (Å²) >= 11 is 0.801. The second-order valence-corrected chi connectivity index (χ2v) is 10.6. The molecule has 1 aliphatic heterocycles. The Morgan fingerprint density at radius 1 is 1.07 bits per heavy atom. The Balaban J connectivity index is 1.49. The number of anilines is 1. The topological polar surface area (TPSA) is 84.9 Å². The van der Waals surface area contributed by atoms with E-state index in [1.165, 1.54) is 0 Å². The number of rotatable bonds is 11. The van der Waals surface area contributed by atoms with E-state index in [1.54, 1.807) is 25.3 Å². The summed E-state index contributed by atoms with van der Waals surface area (Å²) in [5.41, 5.74) is 4.27. The van der Waals surface area contributed by atoms with E-state index >= 15 is 0 Å². The zero-order valence-corrected chi connectivity index (χ0v) is 23.6. The highest BCUT2D eigenvalue weighted by Crippen LogP contribution is 2.37. The van der Waals surface area contributed by atoms with Crippen LogP contribution < -0.4 is 14.8 Å². The van der Waals surface area contributed by atoms with Crippen LogP contribution in [0.1, 0.15) is 42.0 Å². The van der Waals surface area contributed by atoms with Gasteiger partial charge in [-0.15, -0.1) is 6.58 Å². The summed E-state index contributed by atoms with van der Waals surface area (Å²) in [5, 5.41) is 2.26. The largest absolute Gasteiger partial charge is 0.493 e. The summed E-state index contributed by atoms with van der Waals surface area (Å²) in [6.07, 6.45) is 3.91. The summed E-state index contributed by atoms with van der Waals surface area (Å²) in [6.45, 7) is 8.02. The van der Waals surface area contributed by atoms with Crippen molar-refractivity contribution in [1.29, 1.82) is 0 Å². The second-order valence-electron chi connectivity index (χ2n) is 9.57. The molecular formula is C32H32N2O5S. The Kier molecular flexibility index (Phi) is 9.45. The second kappa shape index (κ2) is 13.2. The van der Waals surface area contributed by atoms with E-state index in [-0.39, 0.29) is 11.4 Å². The van der Waals surface area contributed by atoms with Gasteiger partial charge in [-0.1, -0.05) is 62.4 Å². The smallest absolute Gasteiger partial charge is 0.294 e. The molecule has 1 aliphatic rings. The molecule has 0 aromatic heterocycles. The maximum absolute atomic E-state index is 13.1. The van der Waals surface area contributed by atoms with Gasteiger partial charge < -0.3 is 14.8 Å². The van der Waals surface area contributed by atoms with Crippen LogP contribution in [0.3, 0.4) is 0 Å². The molecule has 1 heterocycles. The van der Waals surface area contributed by atoms with E-state index in [2.05, 4.69) is 25.7 Å². The monoisotopic (exact) mass is 556 g/mol. The Morgan fingerprint density at radius 3 is 2.45 bits per heavy atom. The van der Waals surface area contributed by atoms with Crippen LogP contribution in [0.25, 0.3) is 6.08 Å². The van der Waals surface area contributed by atoms with Gasteiger partial charge >= 0.3 is 0 Å². The molecule has 4 rings (SSSR count). The first kappa shape index (κ1) is 28.7. The average Bonchev–Trinajstić information content (AvgIpc) is 3.20. The number of ether oxygens (including phenoxy) is 2. The highest BCUT2D eigenvalue weighted by atomic mass is 32.2. The number of carbonyl (C=O) groups excluding carboxylic acids is 3. The molecule has 1 N–H and O–H groups in total. The third-order valence-electron chi connectivity index (χ3n) is 6.30. The predicted octanol–water partition coefficient (Wildman–Crippen LogP) is 6.80. The van der Waals surface area contributed by atoms with E-state index < -0.39 is 17.1 Å². The number of nitrogens with zero attached hydrogens (tertiary/aromatic N) is 1. The first-order valence-corrected chi connectivity index (χ1v) is 13.7. The molecule has 0 saturated carbocycles. The highest BCUT2D eigenvalue weighted by Gasteiger charge is 2.36. The van der Waals surface area contributed by atoms with E-state index in [4.69, 9.17) is 9.47 Å². The molecule has 3 aromatic carbocycles. The minimum atomic E-state index is -0.519. The molecule has 0 aliphatic carbocycles. The SMILES string of the molecule is C=CCc1cc(/C=C2\SC(=O)N(CC(=O)Nc3ccc(C(C)C)cc3)C2=O)cc(OC)c1OCc1ccccc1. The van der Waals surface area contributed by atoms with Crippen LogP contribution in [0.15, 0.2) is 84.3 Å². The van der Waals surface area contributed by atoms with E-state index in [0.717, 1.165) is 33.4 Å². The maximum Gasteiger partial charge on any atom is 0.294 e. The average molecular weight is 557 g/mol. The first-order valence-electron chi connectivity index (χ1n) is 12.9. The van der Waals surface area contributed by atoms with Gasteiger partial charge in [0.1, 0.15) is 13.2 Å². The Labute approximate surface area is 238 Å². The number of nitrogens with one attached hydrogen (secondary N) is 1. The fourth-order valence-corrected chi connectivity index (χ4v) is 5.04. The molecule has 8 heteroatoms. The molecular weight excluding hydrogens is 524 g/mol. The fraction of sp³-hybridized carbons (Fsp3) is 0.219. The first-order chi connectivity index (χ1) is 19.3. The highest BCUT2D eigenvalue weighted by molar-refractivity contribution is 8.18. The van der Waals surface area contributed by atoms with Gasteiger partial charge in [-0.2, -0.15) is 0 Å². The molecule has 206 valence electrons. The molecule has 3 amide bonds. The molecule has 40 heavy (non-hydrogen) atoms. The zero-order valence-electron chi connectivity index (χ0n) is 22.8. The number of allylic oxidation sites excluding steroid dienone is 1. The normalized spacial score (nSPS) is 14.1. The van der Waals surface area contributed by atoms with Crippen molar-refractivity contribution in [3.8, 4) is 11.5 Å². The molecule has 7 nitrogen and oxygen atoms in total. The van der Waals surface area contributed by atoms with Crippen molar-refractivity contribution in [3.63, 3.8) is 0 Å². The number of hydrogen-bond acceptors (Lipinski definition) is 6. The van der Waals surface area contributed by atoms with Gasteiger partial charge in [-0.25, -0.2) is 0 Å². The predicted molar refractivity (Wildman–Crippen MR) is 160 cm³/mol. The summed E-state index contributed by atoms with van der Waals surface area (Å²) in [6, 6.07) is 20.9. The maximum atomic E-state index is 13.1. The van der Waals surface area contributed by atoms with Crippen molar-refractivity contribution in [1.82, 2.24) is 4.90 Å². The van der Waals surface area contributed by atoms with Crippen LogP contribution in [-0.4, -0.2) is 35.6 Å². The minimum Gasteiger partial charge on any atom is -0.493 e. The molecule has 1 saturated heterocycles. The molecule has 3 aromatic rings. The lowest BCUT2D eigenvalue weighted by Gasteiger charge is -2.16. The third-order valence-corrected chi connectivity index (χ3v) is 7.21. The van der Waals surface area contributed by atoms with Gasteiger partial charge in [0.15, 0.2) is 11.5 Å². The van der Waals surface area contributed by atoms with Crippen molar-refractivity contribution >= 4 is 40.6 Å². The van der Waals surface area contributed by atoms with Crippen LogP contribution in [0.5, 0.6) is 11.5 Å². The van der Waals surface area contributed by atoms with Gasteiger partial charge in [0.25, 0.3) is 11.1 Å². The molecule has 0 atom stereocenters. The van der Waals surface area contributed by atoms with Crippen LogP contribution in [-0.2, 0) is 22.6 Å². The lowest BCUT2D eigenvalue weighted by molar-refractivity contribution is -0.127. The summed E-state index contributed by atoms with van der Waals surface area (Å²) in [5.74, 6) is 0.501. The lowest BCUT2D eigenvalue weighted by Crippen LogP contribution is -2.36. The number of thioether (sulfide) groups is 1.